The normalized spacial score (nSPS) is 24.4. The van der Waals surface area contributed by atoms with Crippen LogP contribution in [0.25, 0.3) is 0 Å². The van der Waals surface area contributed by atoms with Crippen molar-refractivity contribution in [1.29, 1.82) is 5.26 Å². The standard InChI is InChI=1S/C11H18N4O/c1-3-4-9-5-10(14-7-12)15(6-9)8(2)11(13)16/h8-9H,3-6H2,1-2H3,(H2,13,16). The van der Waals surface area contributed by atoms with Gasteiger partial charge in [-0.25, -0.2) is 0 Å². The first-order valence-electron chi connectivity index (χ1n) is 5.61. The van der Waals surface area contributed by atoms with Gasteiger partial charge in [-0.1, -0.05) is 13.3 Å². The number of amides is 1. The van der Waals surface area contributed by atoms with Crippen LogP contribution in [-0.2, 0) is 4.79 Å². The smallest absolute Gasteiger partial charge is 0.239 e. The van der Waals surface area contributed by atoms with Crippen LogP contribution in [0.5, 0.6) is 0 Å². The second-order valence-corrected chi connectivity index (χ2v) is 4.22. The van der Waals surface area contributed by atoms with Gasteiger partial charge < -0.3 is 10.6 Å². The van der Waals surface area contributed by atoms with Crippen LogP contribution in [0.1, 0.15) is 33.1 Å². The van der Waals surface area contributed by atoms with E-state index < -0.39 is 0 Å². The molecule has 0 aromatic carbocycles. The predicted octanol–water partition coefficient (Wildman–Crippen LogP) is 0.862. The van der Waals surface area contributed by atoms with E-state index in [-0.39, 0.29) is 11.9 Å². The Morgan fingerprint density at radius 1 is 1.81 bits per heavy atom. The maximum Gasteiger partial charge on any atom is 0.239 e. The van der Waals surface area contributed by atoms with E-state index in [9.17, 15) is 4.79 Å². The van der Waals surface area contributed by atoms with Gasteiger partial charge in [-0.05, 0) is 19.3 Å². The van der Waals surface area contributed by atoms with Crippen molar-refractivity contribution < 1.29 is 4.79 Å². The Labute approximate surface area is 95.9 Å². The summed E-state index contributed by atoms with van der Waals surface area (Å²) in [6.45, 7) is 4.66. The van der Waals surface area contributed by atoms with Crippen LogP contribution in [0, 0.1) is 17.4 Å². The highest BCUT2D eigenvalue weighted by molar-refractivity contribution is 5.91. The summed E-state index contributed by atoms with van der Waals surface area (Å²) in [4.78, 5) is 16.8. The van der Waals surface area contributed by atoms with Gasteiger partial charge in [0.15, 0.2) is 0 Å². The highest BCUT2D eigenvalue weighted by atomic mass is 16.1. The Balaban J connectivity index is 2.78. The van der Waals surface area contributed by atoms with Gasteiger partial charge in [-0.15, -0.1) is 0 Å². The van der Waals surface area contributed by atoms with Gasteiger partial charge in [0.05, 0.1) is 0 Å². The monoisotopic (exact) mass is 222 g/mol. The summed E-state index contributed by atoms with van der Waals surface area (Å²) >= 11 is 0. The van der Waals surface area contributed by atoms with Crippen molar-refractivity contribution in [2.24, 2.45) is 16.6 Å². The fourth-order valence-electron chi connectivity index (χ4n) is 2.13. The van der Waals surface area contributed by atoms with E-state index in [0.717, 1.165) is 25.8 Å². The number of carbonyl (C=O) groups excluding carboxylic acids is 1. The van der Waals surface area contributed by atoms with Gasteiger partial charge in [0.25, 0.3) is 0 Å². The largest absolute Gasteiger partial charge is 0.368 e. The molecule has 1 rings (SSSR count). The van der Waals surface area contributed by atoms with Gasteiger partial charge in [0.1, 0.15) is 11.9 Å². The third kappa shape index (κ3) is 2.72. The van der Waals surface area contributed by atoms with E-state index >= 15 is 0 Å². The lowest BCUT2D eigenvalue weighted by Gasteiger charge is -2.23. The summed E-state index contributed by atoms with van der Waals surface area (Å²) in [5, 5.41) is 8.60. The summed E-state index contributed by atoms with van der Waals surface area (Å²) in [5.74, 6) is 0.814. The molecule has 0 bridgehead atoms. The number of hydrogen-bond acceptors (Lipinski definition) is 3. The summed E-state index contributed by atoms with van der Waals surface area (Å²) in [6.07, 6.45) is 4.76. The highest BCUT2D eigenvalue weighted by Crippen LogP contribution is 2.24. The first-order valence-corrected chi connectivity index (χ1v) is 5.61. The van der Waals surface area contributed by atoms with Crippen LogP contribution >= 0.6 is 0 Å². The van der Waals surface area contributed by atoms with Crippen LogP contribution in [-0.4, -0.2) is 29.2 Å². The Morgan fingerprint density at radius 2 is 2.50 bits per heavy atom. The molecule has 0 aromatic heterocycles. The van der Waals surface area contributed by atoms with Gasteiger partial charge in [0.2, 0.25) is 12.1 Å². The van der Waals surface area contributed by atoms with Crippen molar-refractivity contribution in [3.8, 4) is 6.19 Å². The van der Waals surface area contributed by atoms with Crippen molar-refractivity contribution in [2.45, 2.75) is 39.2 Å². The minimum atomic E-state index is -0.381. The lowest BCUT2D eigenvalue weighted by atomic mass is 10.0. The van der Waals surface area contributed by atoms with Crippen LogP contribution < -0.4 is 5.73 Å². The Morgan fingerprint density at radius 3 is 3.00 bits per heavy atom. The lowest BCUT2D eigenvalue weighted by molar-refractivity contribution is -0.121. The number of amidine groups is 1. The maximum atomic E-state index is 11.1. The number of primary amides is 1. The number of rotatable bonds is 4. The minimum absolute atomic E-state index is 0.372. The Bertz CT molecular complexity index is 331. The van der Waals surface area contributed by atoms with Crippen molar-refractivity contribution in [2.75, 3.05) is 6.54 Å². The number of nitrogens with zero attached hydrogens (tertiary/aromatic N) is 3. The lowest BCUT2D eigenvalue weighted by Crippen LogP contribution is -2.43. The van der Waals surface area contributed by atoms with Gasteiger partial charge >= 0.3 is 0 Å². The molecule has 2 unspecified atom stereocenters. The first kappa shape index (κ1) is 12.5. The third-order valence-corrected chi connectivity index (χ3v) is 3.01. The average Bonchev–Trinajstić information content (AvgIpc) is 2.61. The molecule has 0 radical (unpaired) electrons. The summed E-state index contributed by atoms with van der Waals surface area (Å²) in [7, 11) is 0. The van der Waals surface area contributed by atoms with E-state index in [2.05, 4.69) is 11.9 Å². The molecule has 0 saturated carbocycles. The zero-order valence-corrected chi connectivity index (χ0v) is 9.81. The van der Waals surface area contributed by atoms with Gasteiger partial charge in [-0.2, -0.15) is 10.3 Å². The van der Waals surface area contributed by atoms with E-state index in [1.807, 2.05) is 4.90 Å². The summed E-state index contributed by atoms with van der Waals surface area (Å²) in [5.41, 5.74) is 5.28. The molecule has 1 heterocycles. The molecule has 2 N–H and O–H groups in total. The third-order valence-electron chi connectivity index (χ3n) is 3.01. The van der Waals surface area contributed by atoms with Crippen LogP contribution in [0.4, 0.5) is 0 Å². The molecule has 1 saturated heterocycles. The number of aliphatic imine (C=N–C) groups is 1. The van der Waals surface area contributed by atoms with Crippen LogP contribution in [0.3, 0.4) is 0 Å². The number of nitrogens with two attached hydrogens (primary N) is 1. The van der Waals surface area contributed by atoms with E-state index in [4.69, 9.17) is 11.0 Å². The number of likely N-dealkylation sites (tertiary alicyclic amines) is 1. The first-order chi connectivity index (χ1) is 7.60. The number of nitriles is 1. The van der Waals surface area contributed by atoms with Crippen molar-refractivity contribution in [1.82, 2.24) is 4.90 Å². The molecule has 5 nitrogen and oxygen atoms in total. The fourth-order valence-corrected chi connectivity index (χ4v) is 2.13. The van der Waals surface area contributed by atoms with Gasteiger partial charge in [-0.3, -0.25) is 4.79 Å². The van der Waals surface area contributed by atoms with E-state index in [1.165, 1.54) is 0 Å². The quantitative estimate of drug-likeness (QED) is 0.716. The van der Waals surface area contributed by atoms with Gasteiger partial charge in [0, 0.05) is 13.0 Å². The summed E-state index contributed by atoms with van der Waals surface area (Å²) < 4.78 is 0. The molecule has 88 valence electrons. The zero-order valence-electron chi connectivity index (χ0n) is 9.81. The molecule has 5 heteroatoms. The molecule has 0 spiro atoms. The highest BCUT2D eigenvalue weighted by Gasteiger charge is 2.32. The van der Waals surface area contributed by atoms with Crippen molar-refractivity contribution in [3.63, 3.8) is 0 Å². The SMILES string of the molecule is CCCC1CC(=NC#N)N(C(C)C(N)=O)C1. The molecular weight excluding hydrogens is 204 g/mol. The molecular formula is C11H18N4O. The second-order valence-electron chi connectivity index (χ2n) is 4.22. The van der Waals surface area contributed by atoms with Crippen LogP contribution in [0.2, 0.25) is 0 Å². The van der Waals surface area contributed by atoms with Crippen molar-refractivity contribution in [3.05, 3.63) is 0 Å². The zero-order chi connectivity index (χ0) is 12.1. The van der Waals surface area contributed by atoms with Crippen molar-refractivity contribution >= 4 is 11.7 Å². The molecule has 2 atom stereocenters. The number of carbonyl (C=O) groups is 1. The van der Waals surface area contributed by atoms with Crippen LogP contribution in [0.15, 0.2) is 4.99 Å². The van der Waals surface area contributed by atoms with E-state index in [1.54, 1.807) is 13.1 Å². The van der Waals surface area contributed by atoms with E-state index in [0.29, 0.717) is 11.8 Å². The number of hydrogen-bond donors (Lipinski definition) is 1. The average molecular weight is 222 g/mol. The predicted molar refractivity (Wildman–Crippen MR) is 61.4 cm³/mol. The Kier molecular flexibility index (Phi) is 4.29. The molecule has 0 aliphatic carbocycles. The fraction of sp³-hybridized carbons (Fsp3) is 0.727. The maximum absolute atomic E-state index is 11.1. The molecule has 1 amide bonds. The Hall–Kier alpha value is -1.57. The minimum Gasteiger partial charge on any atom is -0.368 e. The molecule has 16 heavy (non-hydrogen) atoms. The molecule has 1 fully saturated rings. The second kappa shape index (κ2) is 5.50. The summed E-state index contributed by atoms with van der Waals surface area (Å²) in [6, 6.07) is -0.381. The topological polar surface area (TPSA) is 82.5 Å². The molecule has 1 aliphatic rings. The molecule has 1 aliphatic heterocycles. The molecule has 0 aromatic rings.